The van der Waals surface area contributed by atoms with Crippen molar-refractivity contribution in [3.8, 4) is 5.75 Å². The van der Waals surface area contributed by atoms with E-state index in [9.17, 15) is 0 Å². The maximum absolute atomic E-state index is 6.19. The Kier molecular flexibility index (Phi) is 2.87. The molecule has 0 bridgehead atoms. The minimum atomic E-state index is -1.46. The molecule has 0 N–H and O–H groups in total. The first-order chi connectivity index (χ1) is 7.39. The van der Waals surface area contributed by atoms with Crippen molar-refractivity contribution in [2.24, 2.45) is 5.92 Å². The Morgan fingerprint density at radius 2 is 2.00 bits per heavy atom. The second kappa shape index (κ2) is 3.92. The van der Waals surface area contributed by atoms with E-state index < -0.39 is 8.32 Å². The molecule has 1 nitrogen and oxygen atoms in total. The van der Waals surface area contributed by atoms with Crippen LogP contribution in [-0.4, -0.2) is 8.32 Å². The van der Waals surface area contributed by atoms with Crippen molar-refractivity contribution in [1.82, 2.24) is 0 Å². The molecule has 2 heteroatoms. The molecular weight excluding hydrogens is 212 g/mol. The molecular formula is C14H22OSi. The van der Waals surface area contributed by atoms with E-state index in [0.717, 1.165) is 5.92 Å². The Hall–Kier alpha value is -0.763. The maximum Gasteiger partial charge on any atom is 0.249 e. The summed E-state index contributed by atoms with van der Waals surface area (Å²) in [5, 5.41) is 0. The number of aryl methyl sites for hydroxylation is 1. The Balaban J connectivity index is 2.42. The number of hydrogen-bond acceptors (Lipinski definition) is 1. The molecule has 0 aliphatic carbocycles. The monoisotopic (exact) mass is 234 g/mol. The van der Waals surface area contributed by atoms with Gasteiger partial charge in [-0.3, -0.25) is 0 Å². The summed E-state index contributed by atoms with van der Waals surface area (Å²) in [6.45, 7) is 11.3. The number of hydrogen-bond donors (Lipinski definition) is 0. The van der Waals surface area contributed by atoms with E-state index in [4.69, 9.17) is 4.43 Å². The second-order valence-corrected chi connectivity index (χ2v) is 10.1. The molecule has 0 radical (unpaired) electrons. The van der Waals surface area contributed by atoms with Gasteiger partial charge in [0.05, 0.1) is 0 Å². The standard InChI is InChI=1S/C14H22OSi/c1-10(2)8-12-7-6-11(3)14-13(12)9-16(4,5)15-14/h6-7,10H,8-9H2,1-5H3. The highest BCUT2D eigenvalue weighted by atomic mass is 28.4. The SMILES string of the molecule is Cc1ccc(CC(C)C)c2c1O[Si](C)(C)C2. The van der Waals surface area contributed by atoms with Gasteiger partial charge in [-0.05, 0) is 49.0 Å². The molecule has 1 aliphatic heterocycles. The van der Waals surface area contributed by atoms with Crippen LogP contribution in [0.1, 0.15) is 30.5 Å². The molecule has 1 aromatic carbocycles. The molecule has 88 valence electrons. The molecule has 1 aliphatic rings. The molecule has 0 amide bonds. The van der Waals surface area contributed by atoms with E-state index in [-0.39, 0.29) is 0 Å². The largest absolute Gasteiger partial charge is 0.543 e. The highest BCUT2D eigenvalue weighted by Crippen LogP contribution is 2.38. The summed E-state index contributed by atoms with van der Waals surface area (Å²) in [6.07, 6.45) is 1.18. The predicted molar refractivity (Wildman–Crippen MR) is 71.5 cm³/mol. The van der Waals surface area contributed by atoms with Crippen LogP contribution in [0.4, 0.5) is 0 Å². The quantitative estimate of drug-likeness (QED) is 0.706. The molecule has 0 fully saturated rings. The molecule has 0 saturated carbocycles. The lowest BCUT2D eigenvalue weighted by atomic mass is 9.96. The van der Waals surface area contributed by atoms with E-state index in [1.165, 1.54) is 34.9 Å². The molecule has 1 heterocycles. The lowest BCUT2D eigenvalue weighted by Crippen LogP contribution is -2.32. The van der Waals surface area contributed by atoms with Crippen molar-refractivity contribution < 1.29 is 4.43 Å². The van der Waals surface area contributed by atoms with Crippen molar-refractivity contribution in [1.29, 1.82) is 0 Å². The first-order valence-corrected chi connectivity index (χ1v) is 9.31. The summed E-state index contributed by atoms with van der Waals surface area (Å²) in [5.41, 5.74) is 4.32. The third-order valence-corrected chi connectivity index (χ3v) is 5.13. The van der Waals surface area contributed by atoms with Gasteiger partial charge in [0.1, 0.15) is 5.75 Å². The zero-order chi connectivity index (χ0) is 11.9. The van der Waals surface area contributed by atoms with E-state index >= 15 is 0 Å². The van der Waals surface area contributed by atoms with Crippen LogP contribution in [0.2, 0.25) is 13.1 Å². The van der Waals surface area contributed by atoms with Crippen molar-refractivity contribution in [2.75, 3.05) is 0 Å². The van der Waals surface area contributed by atoms with Crippen LogP contribution in [0.5, 0.6) is 5.75 Å². The maximum atomic E-state index is 6.19. The predicted octanol–water partition coefficient (Wildman–Crippen LogP) is 3.87. The Morgan fingerprint density at radius 1 is 1.31 bits per heavy atom. The first-order valence-electron chi connectivity index (χ1n) is 6.19. The zero-order valence-corrected chi connectivity index (χ0v) is 12.1. The van der Waals surface area contributed by atoms with Gasteiger partial charge in [-0.2, -0.15) is 0 Å². The van der Waals surface area contributed by atoms with E-state index in [1.807, 2.05) is 0 Å². The third kappa shape index (κ3) is 2.17. The van der Waals surface area contributed by atoms with Gasteiger partial charge in [0.25, 0.3) is 0 Å². The van der Waals surface area contributed by atoms with Crippen molar-refractivity contribution >= 4 is 8.32 Å². The minimum absolute atomic E-state index is 0.720. The van der Waals surface area contributed by atoms with Gasteiger partial charge in [0.2, 0.25) is 8.32 Å². The minimum Gasteiger partial charge on any atom is -0.543 e. The fourth-order valence-corrected chi connectivity index (χ4v) is 4.64. The van der Waals surface area contributed by atoms with E-state index in [1.54, 1.807) is 0 Å². The van der Waals surface area contributed by atoms with Crippen molar-refractivity contribution in [2.45, 2.75) is 46.3 Å². The summed E-state index contributed by atoms with van der Waals surface area (Å²) in [7, 11) is -1.46. The summed E-state index contributed by atoms with van der Waals surface area (Å²) < 4.78 is 6.19. The number of rotatable bonds is 2. The summed E-state index contributed by atoms with van der Waals surface area (Å²) in [6, 6.07) is 5.70. The highest BCUT2D eigenvalue weighted by molar-refractivity contribution is 6.72. The van der Waals surface area contributed by atoms with Gasteiger partial charge in [0, 0.05) is 6.04 Å². The van der Waals surface area contributed by atoms with Crippen LogP contribution >= 0.6 is 0 Å². The highest BCUT2D eigenvalue weighted by Gasteiger charge is 2.35. The average molecular weight is 234 g/mol. The summed E-state index contributed by atoms with van der Waals surface area (Å²) in [4.78, 5) is 0. The number of benzene rings is 1. The zero-order valence-electron chi connectivity index (χ0n) is 11.1. The molecule has 2 rings (SSSR count). The van der Waals surface area contributed by atoms with E-state index in [2.05, 4.69) is 46.0 Å². The fourth-order valence-electron chi connectivity index (χ4n) is 2.49. The molecule has 0 aromatic heterocycles. The van der Waals surface area contributed by atoms with Crippen LogP contribution in [0.15, 0.2) is 12.1 Å². The van der Waals surface area contributed by atoms with Crippen molar-refractivity contribution in [3.63, 3.8) is 0 Å². The molecule has 0 atom stereocenters. The number of fused-ring (bicyclic) bond motifs is 1. The molecule has 0 saturated heterocycles. The lowest BCUT2D eigenvalue weighted by Gasteiger charge is -2.15. The lowest BCUT2D eigenvalue weighted by molar-refractivity contribution is 0.566. The normalized spacial score (nSPS) is 17.4. The first kappa shape index (κ1) is 11.7. The smallest absolute Gasteiger partial charge is 0.249 e. The van der Waals surface area contributed by atoms with Gasteiger partial charge in [-0.1, -0.05) is 26.0 Å². The van der Waals surface area contributed by atoms with Gasteiger partial charge in [-0.25, -0.2) is 0 Å². The Labute approximate surface area is 100.0 Å². The Bertz CT molecular complexity index is 407. The molecule has 0 spiro atoms. The molecule has 16 heavy (non-hydrogen) atoms. The van der Waals surface area contributed by atoms with Gasteiger partial charge < -0.3 is 4.43 Å². The van der Waals surface area contributed by atoms with Gasteiger partial charge in [-0.15, -0.1) is 0 Å². The average Bonchev–Trinajstić information content (AvgIpc) is 2.47. The van der Waals surface area contributed by atoms with Crippen LogP contribution in [0.25, 0.3) is 0 Å². The van der Waals surface area contributed by atoms with Crippen LogP contribution in [0, 0.1) is 12.8 Å². The molecule has 0 unspecified atom stereocenters. The van der Waals surface area contributed by atoms with Crippen molar-refractivity contribution in [3.05, 3.63) is 28.8 Å². The summed E-state index contributed by atoms with van der Waals surface area (Å²) >= 11 is 0. The van der Waals surface area contributed by atoms with Gasteiger partial charge in [0.15, 0.2) is 0 Å². The second-order valence-electron chi connectivity index (χ2n) is 5.99. The van der Waals surface area contributed by atoms with Crippen LogP contribution in [-0.2, 0) is 12.5 Å². The van der Waals surface area contributed by atoms with Gasteiger partial charge >= 0.3 is 0 Å². The van der Waals surface area contributed by atoms with Crippen LogP contribution in [0.3, 0.4) is 0 Å². The third-order valence-electron chi connectivity index (χ3n) is 3.16. The molecule has 1 aromatic rings. The van der Waals surface area contributed by atoms with Crippen LogP contribution < -0.4 is 4.43 Å². The summed E-state index contributed by atoms with van der Waals surface area (Å²) in [5.74, 6) is 1.92. The Morgan fingerprint density at radius 3 is 2.62 bits per heavy atom. The topological polar surface area (TPSA) is 9.23 Å². The van der Waals surface area contributed by atoms with E-state index in [0.29, 0.717) is 0 Å². The fraction of sp³-hybridized carbons (Fsp3) is 0.571.